The van der Waals surface area contributed by atoms with Crippen molar-refractivity contribution in [2.45, 2.75) is 87.0 Å². The van der Waals surface area contributed by atoms with E-state index in [0.29, 0.717) is 12.8 Å². The molecule has 0 unspecified atom stereocenters. The Labute approximate surface area is 347 Å². The molecule has 5 rings (SSSR count). The Morgan fingerprint density at radius 1 is 0.556 bits per heavy atom. The molecule has 0 saturated heterocycles. The molecule has 0 bridgehead atoms. The van der Waals surface area contributed by atoms with E-state index in [-0.39, 0.29) is 65.0 Å². The number of hydrogen-bond acceptors (Lipinski definition) is 6. The summed E-state index contributed by atoms with van der Waals surface area (Å²) in [5.41, 5.74) is 0.858. The molecule has 3 aliphatic rings. The van der Waals surface area contributed by atoms with Gasteiger partial charge in [0.1, 0.15) is 10.00 Å². The van der Waals surface area contributed by atoms with Crippen molar-refractivity contribution in [1.29, 1.82) is 0 Å². The minimum Gasteiger partial charge on any atom is -0.289 e. The molecular formula is C38H40Cl6N2O6S2. The molecule has 292 valence electrons. The fraction of sp³-hybridized carbons (Fsp3) is 0.421. The average Bonchev–Trinajstić information content (AvgIpc) is 3.06. The first-order valence-corrected chi connectivity index (χ1v) is 23.2. The highest BCUT2D eigenvalue weighted by Crippen LogP contribution is 2.50. The van der Waals surface area contributed by atoms with E-state index in [1.54, 1.807) is 36.4 Å². The van der Waals surface area contributed by atoms with Gasteiger partial charge in [-0.25, -0.2) is 16.8 Å². The van der Waals surface area contributed by atoms with E-state index >= 15 is 0 Å². The molecule has 0 heterocycles. The van der Waals surface area contributed by atoms with Crippen molar-refractivity contribution in [2.75, 3.05) is 11.5 Å². The van der Waals surface area contributed by atoms with Crippen molar-refractivity contribution in [3.05, 3.63) is 114 Å². The summed E-state index contributed by atoms with van der Waals surface area (Å²) in [5, 5.41) is 0.0654. The number of ketones is 2. The number of nitrogens with one attached hydrogen (secondary N) is 2. The molecule has 0 amide bonds. The van der Waals surface area contributed by atoms with Gasteiger partial charge in [-0.15, -0.1) is 0 Å². The van der Waals surface area contributed by atoms with E-state index in [4.69, 9.17) is 69.6 Å². The number of alkyl halides is 2. The topological polar surface area (TPSA) is 126 Å². The highest BCUT2D eigenvalue weighted by Gasteiger charge is 2.43. The zero-order chi connectivity index (χ0) is 39.6. The monoisotopic (exact) mass is 894 g/mol. The lowest BCUT2D eigenvalue weighted by atomic mass is 9.74. The second-order valence-electron chi connectivity index (χ2n) is 13.7. The summed E-state index contributed by atoms with van der Waals surface area (Å²) in [6, 6.07) is 9.53. The van der Waals surface area contributed by atoms with Crippen molar-refractivity contribution < 1.29 is 26.4 Å². The molecule has 3 aliphatic carbocycles. The molecule has 2 N–H and O–H groups in total. The van der Waals surface area contributed by atoms with Gasteiger partial charge in [-0.2, -0.15) is 9.44 Å². The largest absolute Gasteiger partial charge is 0.289 e. The fourth-order valence-electron chi connectivity index (χ4n) is 6.97. The van der Waals surface area contributed by atoms with Gasteiger partial charge >= 0.3 is 0 Å². The van der Waals surface area contributed by atoms with Gasteiger partial charge in [0.15, 0.2) is 11.6 Å². The highest BCUT2D eigenvalue weighted by atomic mass is 35.5. The molecule has 0 aromatic heterocycles. The lowest BCUT2D eigenvalue weighted by molar-refractivity contribution is 0.0977. The summed E-state index contributed by atoms with van der Waals surface area (Å²) in [7, 11) is -7.67. The number of hydrogen-bond donors (Lipinski definition) is 2. The number of fused-ring (bicyclic) bond motifs is 2. The van der Waals surface area contributed by atoms with Gasteiger partial charge in [0.25, 0.3) is 0 Å². The number of unbranched alkanes of at least 4 members (excludes halogenated alkanes) is 6. The van der Waals surface area contributed by atoms with Crippen LogP contribution in [0.5, 0.6) is 0 Å². The molecule has 0 aliphatic heterocycles. The molecule has 0 fully saturated rings. The normalized spacial score (nSPS) is 24.3. The van der Waals surface area contributed by atoms with E-state index in [0.717, 1.165) is 38.5 Å². The lowest BCUT2D eigenvalue weighted by Crippen LogP contribution is -2.43. The number of rotatable bonds is 16. The van der Waals surface area contributed by atoms with Crippen LogP contribution >= 0.6 is 69.6 Å². The van der Waals surface area contributed by atoms with E-state index in [2.05, 4.69) is 9.44 Å². The first-order valence-electron chi connectivity index (χ1n) is 17.6. The Hall–Kier alpha value is -1.70. The number of carbonyl (C=O) groups is 2. The predicted molar refractivity (Wildman–Crippen MR) is 220 cm³/mol. The summed E-state index contributed by atoms with van der Waals surface area (Å²) in [6.45, 7) is 4.05. The SMILES string of the molecule is CCCCCCS(=O)(=O)NC1(Cl)C=C(Cl)C(c2ccc(C3C(Cl)=CC(Cl)(NS(=O)(=O)CCCCCC)C=C3Cl)c3c2C(=O)c2ccccc2C3=O)C(Cl)=C1. The van der Waals surface area contributed by atoms with Gasteiger partial charge in [0.05, 0.1) is 23.3 Å². The average molecular weight is 898 g/mol. The van der Waals surface area contributed by atoms with Crippen LogP contribution in [0.3, 0.4) is 0 Å². The molecule has 0 atom stereocenters. The first-order chi connectivity index (χ1) is 25.3. The Morgan fingerprint density at radius 3 is 1.20 bits per heavy atom. The zero-order valence-electron chi connectivity index (χ0n) is 29.5. The Bertz CT molecular complexity index is 1990. The van der Waals surface area contributed by atoms with Crippen LogP contribution in [0, 0.1) is 0 Å². The molecule has 2 aromatic rings. The van der Waals surface area contributed by atoms with Crippen LogP contribution in [0.15, 0.2) is 80.8 Å². The number of allylic oxidation sites excluding steroid dienone is 4. The van der Waals surface area contributed by atoms with Crippen LogP contribution in [-0.2, 0) is 20.0 Å². The maximum atomic E-state index is 14.4. The predicted octanol–water partition coefficient (Wildman–Crippen LogP) is 10.0. The first kappa shape index (κ1) is 43.4. The second-order valence-corrected chi connectivity index (χ2v) is 20.4. The molecule has 16 heteroatoms. The van der Waals surface area contributed by atoms with Crippen LogP contribution in [0.4, 0.5) is 0 Å². The second kappa shape index (κ2) is 17.4. The van der Waals surface area contributed by atoms with Crippen molar-refractivity contribution in [2.24, 2.45) is 0 Å². The quantitative estimate of drug-likeness (QED) is 0.0838. The number of benzene rings is 2. The smallest absolute Gasteiger partial charge is 0.213 e. The highest BCUT2D eigenvalue weighted by molar-refractivity contribution is 7.89. The molecule has 54 heavy (non-hydrogen) atoms. The third-order valence-corrected chi connectivity index (χ3v) is 14.5. The standard InChI is InChI=1S/C38H40Cl6N2O6S2/c1-3-5-7-11-17-53(49,50)45-37(43)19-27(39)31(28(40)20-37)25-15-16-26(34-33(25)35(47)23-13-9-10-14-24(23)36(34)48)32-29(41)21-38(44,22-30(32)42)46-54(51,52)18-12-8-6-4-2/h9-10,13-16,19-22,31-32,45-46H,3-8,11-12,17-18H2,1-2H3. The van der Waals surface area contributed by atoms with E-state index in [9.17, 15) is 26.4 Å². The summed E-state index contributed by atoms with van der Waals surface area (Å²) < 4.78 is 56.7. The van der Waals surface area contributed by atoms with Gasteiger partial charge in [-0.05, 0) is 48.3 Å². The Balaban J connectivity index is 1.55. The number of carbonyl (C=O) groups excluding carboxylic acids is 2. The van der Waals surface area contributed by atoms with Gasteiger partial charge < -0.3 is 0 Å². The molecule has 0 radical (unpaired) electrons. The van der Waals surface area contributed by atoms with E-state index < -0.39 is 53.4 Å². The van der Waals surface area contributed by atoms with Gasteiger partial charge in [-0.3, -0.25) is 9.59 Å². The van der Waals surface area contributed by atoms with Crippen LogP contribution in [0.2, 0.25) is 0 Å². The maximum absolute atomic E-state index is 14.4. The maximum Gasteiger partial charge on any atom is 0.213 e. The lowest BCUT2D eigenvalue weighted by Gasteiger charge is -2.34. The van der Waals surface area contributed by atoms with Crippen molar-refractivity contribution in [3.8, 4) is 0 Å². The van der Waals surface area contributed by atoms with Gasteiger partial charge in [-0.1, -0.05) is 158 Å². The molecule has 0 spiro atoms. The van der Waals surface area contributed by atoms with Crippen LogP contribution in [0.25, 0.3) is 0 Å². The van der Waals surface area contributed by atoms with E-state index in [1.807, 2.05) is 13.8 Å². The molecule has 2 aromatic carbocycles. The summed E-state index contributed by atoms with van der Waals surface area (Å²) in [4.78, 5) is 25.2. The Kier molecular flexibility index (Phi) is 14.0. The summed E-state index contributed by atoms with van der Waals surface area (Å²) in [5.74, 6) is -3.25. The molecule has 8 nitrogen and oxygen atoms in total. The van der Waals surface area contributed by atoms with Crippen molar-refractivity contribution >= 4 is 101 Å². The number of sulfonamides is 2. The minimum absolute atomic E-state index is 0.00213. The van der Waals surface area contributed by atoms with Crippen LogP contribution in [-0.4, -0.2) is 49.9 Å². The third-order valence-electron chi connectivity index (χ3n) is 9.41. The van der Waals surface area contributed by atoms with Crippen LogP contribution in [0.1, 0.15) is 120 Å². The van der Waals surface area contributed by atoms with Crippen LogP contribution < -0.4 is 9.44 Å². The summed E-state index contributed by atoms with van der Waals surface area (Å²) >= 11 is 40.9. The Morgan fingerprint density at radius 2 is 0.889 bits per heavy atom. The van der Waals surface area contributed by atoms with Crippen molar-refractivity contribution in [3.63, 3.8) is 0 Å². The number of halogens is 6. The van der Waals surface area contributed by atoms with Crippen molar-refractivity contribution in [1.82, 2.24) is 9.44 Å². The summed E-state index contributed by atoms with van der Waals surface area (Å²) in [6.07, 6.45) is 11.3. The molecule has 0 saturated carbocycles. The zero-order valence-corrected chi connectivity index (χ0v) is 35.7. The van der Waals surface area contributed by atoms with E-state index in [1.165, 1.54) is 24.3 Å². The van der Waals surface area contributed by atoms with Gasteiger partial charge in [0.2, 0.25) is 20.0 Å². The fourth-order valence-corrected chi connectivity index (χ4v) is 12.7. The molecular weight excluding hydrogens is 857 g/mol. The minimum atomic E-state index is -3.84. The third kappa shape index (κ3) is 9.69. The van der Waals surface area contributed by atoms with Gasteiger partial charge in [0, 0.05) is 42.4 Å².